The van der Waals surface area contributed by atoms with Crippen LogP contribution in [-0.4, -0.2) is 36.0 Å². The van der Waals surface area contributed by atoms with Gasteiger partial charge in [0.2, 0.25) is 5.95 Å². The van der Waals surface area contributed by atoms with Crippen molar-refractivity contribution >= 4 is 41.5 Å². The van der Waals surface area contributed by atoms with Crippen molar-refractivity contribution in [3.05, 3.63) is 64.3 Å². The molecule has 0 unspecified atom stereocenters. The monoisotopic (exact) mass is 609 g/mol. The van der Waals surface area contributed by atoms with Gasteiger partial charge in [-0.15, -0.1) is 0 Å². The normalized spacial score (nSPS) is 16.1. The van der Waals surface area contributed by atoms with Crippen LogP contribution >= 0.6 is 11.6 Å². The summed E-state index contributed by atoms with van der Waals surface area (Å²) < 4.78 is 6.24. The molecule has 2 aromatic carbocycles. The zero-order valence-corrected chi connectivity index (χ0v) is 28.1. The molecule has 43 heavy (non-hydrogen) atoms. The van der Waals surface area contributed by atoms with Crippen LogP contribution in [-0.2, 0) is 4.79 Å². The van der Waals surface area contributed by atoms with Crippen molar-refractivity contribution in [3.8, 4) is 5.75 Å². The Balaban J connectivity index is 0.000000720. The molecule has 1 aromatic heterocycles. The minimum atomic E-state index is 0.0514. The zero-order valence-electron chi connectivity index (χ0n) is 27.4. The highest BCUT2D eigenvalue weighted by molar-refractivity contribution is 6.32. The number of rotatable bonds is 10. The second kappa shape index (κ2) is 18.5. The number of anilines is 4. The molecule has 8 heteroatoms. The summed E-state index contributed by atoms with van der Waals surface area (Å²) in [5.41, 5.74) is 5.55. The summed E-state index contributed by atoms with van der Waals surface area (Å²) in [7, 11) is 2.06. The smallest absolute Gasteiger partial charge is 0.229 e. The van der Waals surface area contributed by atoms with E-state index >= 15 is 0 Å². The first-order valence-corrected chi connectivity index (χ1v) is 15.9. The number of carbonyl (C=O) groups excluding carboxylic acids is 1. The van der Waals surface area contributed by atoms with E-state index in [1.165, 1.54) is 49.7 Å². The second-order valence-corrected chi connectivity index (χ2v) is 12.3. The minimum absolute atomic E-state index is 0.0514. The third-order valence-corrected chi connectivity index (χ3v) is 7.84. The van der Waals surface area contributed by atoms with Gasteiger partial charge in [0.05, 0.1) is 18.0 Å². The highest BCUT2D eigenvalue weighted by Crippen LogP contribution is 2.40. The van der Waals surface area contributed by atoms with E-state index in [1.807, 2.05) is 51.8 Å². The molecular formula is C35H52ClN5O2. The molecular weight excluding hydrogens is 558 g/mol. The molecule has 1 saturated carbocycles. The van der Waals surface area contributed by atoms with E-state index in [2.05, 4.69) is 72.8 Å². The summed E-state index contributed by atoms with van der Waals surface area (Å²) in [6, 6.07) is 13.0. The van der Waals surface area contributed by atoms with Gasteiger partial charge in [0.15, 0.2) is 5.82 Å². The quantitative estimate of drug-likeness (QED) is 0.211. The van der Waals surface area contributed by atoms with Gasteiger partial charge in [-0.2, -0.15) is 4.98 Å². The highest BCUT2D eigenvalue weighted by atomic mass is 35.5. The van der Waals surface area contributed by atoms with E-state index in [0.29, 0.717) is 28.7 Å². The number of hydrogen-bond donors (Lipinski definition) is 3. The number of aromatic nitrogens is 2. The van der Waals surface area contributed by atoms with Gasteiger partial charge >= 0.3 is 0 Å². The first-order valence-electron chi connectivity index (χ1n) is 15.5. The lowest BCUT2D eigenvalue weighted by Gasteiger charge is -2.30. The summed E-state index contributed by atoms with van der Waals surface area (Å²) >= 11 is 6.41. The molecule has 1 heterocycles. The molecule has 0 amide bonds. The lowest BCUT2D eigenvalue weighted by molar-refractivity contribution is -0.0980. The molecule has 3 N–H and O–H groups in total. The van der Waals surface area contributed by atoms with Gasteiger partial charge < -0.3 is 25.5 Å². The van der Waals surface area contributed by atoms with Crippen LogP contribution in [0.25, 0.3) is 0 Å². The number of para-hydroxylation sites is 1. The van der Waals surface area contributed by atoms with Crippen molar-refractivity contribution in [2.45, 2.75) is 105 Å². The largest absolute Gasteiger partial charge is 0.489 e. The topological polar surface area (TPSA) is 88.2 Å². The number of aryl methyl sites for hydroxylation is 2. The first-order chi connectivity index (χ1) is 20.6. The third-order valence-electron chi connectivity index (χ3n) is 7.56. The van der Waals surface area contributed by atoms with Crippen LogP contribution in [0.5, 0.6) is 5.75 Å². The van der Waals surface area contributed by atoms with Gasteiger partial charge in [0.1, 0.15) is 17.6 Å². The molecule has 0 bridgehead atoms. The van der Waals surface area contributed by atoms with Crippen LogP contribution in [0.1, 0.15) is 95.8 Å². The van der Waals surface area contributed by atoms with Gasteiger partial charge in [0.25, 0.3) is 0 Å². The number of hydrogen-bond acceptors (Lipinski definition) is 7. The Labute approximate surface area is 264 Å². The number of nitrogens with zero attached hydrogens (tertiary/aromatic N) is 2. The Hall–Kier alpha value is -3.16. The Morgan fingerprint density at radius 2 is 1.65 bits per heavy atom. The molecule has 236 valence electrons. The molecule has 1 fully saturated rings. The van der Waals surface area contributed by atoms with E-state index in [0.717, 1.165) is 28.6 Å². The summed E-state index contributed by atoms with van der Waals surface area (Å²) in [6.07, 6.45) is 9.16. The van der Waals surface area contributed by atoms with Crippen LogP contribution in [0.3, 0.4) is 0 Å². The van der Waals surface area contributed by atoms with Gasteiger partial charge in [-0.25, -0.2) is 4.98 Å². The Morgan fingerprint density at radius 1 is 0.977 bits per heavy atom. The Bertz CT molecular complexity index is 1260. The Kier molecular flexibility index (Phi) is 15.5. The molecule has 0 aliphatic heterocycles. The fourth-order valence-electron chi connectivity index (χ4n) is 5.34. The van der Waals surface area contributed by atoms with Crippen LogP contribution in [0.2, 0.25) is 5.02 Å². The van der Waals surface area contributed by atoms with Crippen molar-refractivity contribution in [2.75, 3.05) is 17.7 Å². The van der Waals surface area contributed by atoms with Crippen molar-refractivity contribution in [1.29, 1.82) is 0 Å². The summed E-state index contributed by atoms with van der Waals surface area (Å²) in [5, 5.41) is 10.6. The molecule has 1 aliphatic rings. The van der Waals surface area contributed by atoms with Crippen LogP contribution in [0, 0.1) is 19.8 Å². The van der Waals surface area contributed by atoms with Gasteiger partial charge in [-0.05, 0) is 107 Å². The molecule has 0 spiro atoms. The second-order valence-electron chi connectivity index (χ2n) is 11.8. The maximum Gasteiger partial charge on any atom is 0.229 e. The van der Waals surface area contributed by atoms with E-state index in [-0.39, 0.29) is 6.10 Å². The zero-order chi connectivity index (χ0) is 31.9. The van der Waals surface area contributed by atoms with Gasteiger partial charge in [-0.1, -0.05) is 63.4 Å². The molecule has 0 saturated heterocycles. The van der Waals surface area contributed by atoms with Crippen molar-refractivity contribution in [3.63, 3.8) is 0 Å². The number of nitrogens with one attached hydrogen (secondary N) is 3. The SMILES string of the molecule is C=O.CCCC(C)C.CNC1CCC(c2cc(OC(C)C)c(Nc3ncc(Cl)c(Nc4ccccc4C)n3)cc2C)CC1. The number of carbonyl (C=O) groups is 1. The minimum Gasteiger partial charge on any atom is -0.489 e. The molecule has 4 rings (SSSR count). The van der Waals surface area contributed by atoms with Crippen molar-refractivity contribution < 1.29 is 9.53 Å². The maximum absolute atomic E-state index is 8.00. The number of ether oxygens (including phenoxy) is 1. The lowest BCUT2D eigenvalue weighted by atomic mass is 9.80. The standard InChI is InChI=1S/C28H36ClN5O.C6H14.CH2O/c1-17(2)35-26-15-22(20-10-12-21(30-5)13-11-20)19(4)14-25(26)33-28-31-16-23(29)27(34-28)32-24-9-7-6-8-18(24)3;1-4-5-6(2)3;1-2/h6-9,14-17,20-21,30H,10-13H2,1-5H3,(H2,31,32,33,34);6H,4-5H2,1-3H3;1H2. The molecule has 1 aliphatic carbocycles. The van der Waals surface area contributed by atoms with Crippen LogP contribution in [0.4, 0.5) is 23.1 Å². The van der Waals surface area contributed by atoms with E-state index in [4.69, 9.17) is 21.1 Å². The summed E-state index contributed by atoms with van der Waals surface area (Å²) in [4.78, 5) is 17.1. The molecule has 3 aromatic rings. The van der Waals surface area contributed by atoms with E-state index in [1.54, 1.807) is 6.20 Å². The maximum atomic E-state index is 8.00. The van der Waals surface area contributed by atoms with Gasteiger partial charge in [-0.3, -0.25) is 0 Å². The van der Waals surface area contributed by atoms with Crippen molar-refractivity contribution in [1.82, 2.24) is 15.3 Å². The number of benzene rings is 2. The molecule has 0 radical (unpaired) electrons. The van der Waals surface area contributed by atoms with E-state index < -0.39 is 0 Å². The fraction of sp³-hybridized carbons (Fsp3) is 0.514. The predicted molar refractivity (Wildman–Crippen MR) is 183 cm³/mol. The molecule has 7 nitrogen and oxygen atoms in total. The fourth-order valence-corrected chi connectivity index (χ4v) is 5.48. The molecule has 0 atom stereocenters. The van der Waals surface area contributed by atoms with Crippen LogP contribution in [0.15, 0.2) is 42.6 Å². The van der Waals surface area contributed by atoms with Gasteiger partial charge in [0, 0.05) is 11.7 Å². The first kappa shape index (κ1) is 36.0. The average molecular weight is 610 g/mol. The predicted octanol–water partition coefficient (Wildman–Crippen LogP) is 9.52. The Morgan fingerprint density at radius 3 is 2.21 bits per heavy atom. The van der Waals surface area contributed by atoms with Crippen LogP contribution < -0.4 is 20.7 Å². The number of halogens is 1. The third kappa shape index (κ3) is 11.5. The summed E-state index contributed by atoms with van der Waals surface area (Å²) in [5.74, 6) is 3.29. The lowest BCUT2D eigenvalue weighted by Crippen LogP contribution is -2.29. The van der Waals surface area contributed by atoms with Crippen molar-refractivity contribution in [2.24, 2.45) is 5.92 Å². The average Bonchev–Trinajstić information content (AvgIpc) is 2.98. The highest BCUT2D eigenvalue weighted by Gasteiger charge is 2.24. The summed E-state index contributed by atoms with van der Waals surface area (Å²) in [6.45, 7) is 17.0. The van der Waals surface area contributed by atoms with E-state index in [9.17, 15) is 0 Å².